The Balaban J connectivity index is 1.68. The molecule has 1 unspecified atom stereocenters. The van der Waals surface area contributed by atoms with Gasteiger partial charge in [0.2, 0.25) is 5.91 Å². The first-order valence-electron chi connectivity index (χ1n) is 11.8. The number of nitrogens with one attached hydrogen (secondary N) is 2. The summed E-state index contributed by atoms with van der Waals surface area (Å²) in [4.78, 5) is 30.3. The third-order valence-corrected chi connectivity index (χ3v) is 6.31. The number of carbonyl (C=O) groups is 2. The number of hydrogen-bond donors (Lipinski definition) is 2. The van der Waals surface area contributed by atoms with E-state index in [1.54, 1.807) is 42.6 Å². The maximum absolute atomic E-state index is 13.4. The Labute approximate surface area is 219 Å². The molecule has 2 N–H and O–H groups in total. The first-order chi connectivity index (χ1) is 18.3. The molecule has 0 saturated carbocycles. The zero-order valence-electron chi connectivity index (χ0n) is 20.5. The zero-order chi connectivity index (χ0) is 28.4. The average Bonchev–Trinajstić information content (AvgIpc) is 3.29. The number of alkyl halides is 6. The van der Waals surface area contributed by atoms with Gasteiger partial charge in [-0.2, -0.15) is 26.3 Å². The monoisotopic (exact) mass is 547 g/mol. The van der Waals surface area contributed by atoms with Crippen LogP contribution in [-0.2, 0) is 23.6 Å². The van der Waals surface area contributed by atoms with Crippen molar-refractivity contribution in [1.82, 2.24) is 9.88 Å². The predicted molar refractivity (Wildman–Crippen MR) is 134 cm³/mol. The number of anilines is 1. The second kappa shape index (κ2) is 10.8. The molecule has 1 heterocycles. The number of para-hydroxylation sites is 2. The summed E-state index contributed by atoms with van der Waals surface area (Å²) in [7, 11) is 1.26. The van der Waals surface area contributed by atoms with Gasteiger partial charge in [-0.3, -0.25) is 9.59 Å². The van der Waals surface area contributed by atoms with E-state index in [1.165, 1.54) is 7.05 Å². The van der Waals surface area contributed by atoms with Crippen LogP contribution < -0.4 is 5.32 Å². The van der Waals surface area contributed by atoms with Gasteiger partial charge in [0.1, 0.15) is 0 Å². The number of H-pyrrole nitrogens is 1. The van der Waals surface area contributed by atoms with E-state index in [0.717, 1.165) is 21.4 Å². The van der Waals surface area contributed by atoms with Crippen LogP contribution in [0.1, 0.15) is 33.5 Å². The molecule has 0 spiro atoms. The highest BCUT2D eigenvalue weighted by molar-refractivity contribution is 5.96. The van der Waals surface area contributed by atoms with Crippen LogP contribution in [-0.4, -0.2) is 34.8 Å². The number of amides is 2. The van der Waals surface area contributed by atoms with Crippen molar-refractivity contribution in [1.29, 1.82) is 0 Å². The van der Waals surface area contributed by atoms with Crippen molar-refractivity contribution in [3.05, 3.63) is 101 Å². The first kappa shape index (κ1) is 27.7. The molecule has 0 saturated heterocycles. The minimum atomic E-state index is -5.10. The van der Waals surface area contributed by atoms with Gasteiger partial charge in [0.25, 0.3) is 5.91 Å². The van der Waals surface area contributed by atoms with Crippen LogP contribution in [0.3, 0.4) is 0 Å². The summed E-state index contributed by atoms with van der Waals surface area (Å²) in [5.41, 5.74) is -1.96. The zero-order valence-corrected chi connectivity index (χ0v) is 20.5. The van der Waals surface area contributed by atoms with Gasteiger partial charge < -0.3 is 15.2 Å². The third-order valence-electron chi connectivity index (χ3n) is 6.31. The van der Waals surface area contributed by atoms with E-state index >= 15 is 0 Å². The Morgan fingerprint density at radius 3 is 2.08 bits per heavy atom. The van der Waals surface area contributed by atoms with Crippen molar-refractivity contribution >= 4 is 28.4 Å². The number of rotatable bonds is 7. The minimum Gasteiger partial charge on any atom is -0.361 e. The van der Waals surface area contributed by atoms with Gasteiger partial charge in [-0.05, 0) is 48.4 Å². The molecule has 0 fully saturated rings. The summed E-state index contributed by atoms with van der Waals surface area (Å²) < 4.78 is 80.3. The van der Waals surface area contributed by atoms with Crippen molar-refractivity contribution in [2.75, 3.05) is 12.4 Å². The fraction of sp³-hybridized carbons (Fsp3) is 0.214. The number of likely N-dealkylation sites (N-methyl/N-ethyl adjacent to an activating group) is 1. The molecular weight excluding hydrogens is 524 g/mol. The van der Waals surface area contributed by atoms with Gasteiger partial charge in [-0.1, -0.05) is 36.4 Å². The van der Waals surface area contributed by atoms with Crippen molar-refractivity contribution in [3.8, 4) is 0 Å². The molecule has 4 aromatic rings. The number of aromatic amines is 1. The summed E-state index contributed by atoms with van der Waals surface area (Å²) in [6.07, 6.45) is -8.67. The predicted octanol–water partition coefficient (Wildman–Crippen LogP) is 6.92. The molecule has 1 atom stereocenters. The van der Waals surface area contributed by atoms with Crippen molar-refractivity contribution in [2.45, 2.75) is 31.2 Å². The van der Waals surface area contributed by atoms with E-state index in [2.05, 4.69) is 10.3 Å². The minimum absolute atomic E-state index is 0.0342. The lowest BCUT2D eigenvalue weighted by molar-refractivity contribution is -0.143. The maximum atomic E-state index is 13.4. The highest BCUT2D eigenvalue weighted by atomic mass is 19.4. The number of nitrogens with zero attached hydrogens (tertiary/aromatic N) is 1. The number of hydrogen-bond acceptors (Lipinski definition) is 2. The lowest BCUT2D eigenvalue weighted by atomic mass is 9.99. The van der Waals surface area contributed by atoms with Gasteiger partial charge >= 0.3 is 12.4 Å². The Morgan fingerprint density at radius 1 is 0.872 bits per heavy atom. The number of fused-ring (bicyclic) bond motifs is 1. The Bertz CT molecular complexity index is 1450. The van der Waals surface area contributed by atoms with Gasteiger partial charge in [0.15, 0.2) is 0 Å². The summed E-state index contributed by atoms with van der Waals surface area (Å²) in [6.45, 7) is 0. The Hall–Kier alpha value is -4.28. The molecular formula is C28H23F6N3O2. The van der Waals surface area contributed by atoms with Crippen LogP contribution in [0.15, 0.2) is 79.0 Å². The van der Waals surface area contributed by atoms with Crippen molar-refractivity contribution < 1.29 is 35.9 Å². The van der Waals surface area contributed by atoms with Gasteiger partial charge in [0.05, 0.1) is 11.1 Å². The Morgan fingerprint density at radius 2 is 1.46 bits per heavy atom. The lowest BCUT2D eigenvalue weighted by Crippen LogP contribution is -2.41. The van der Waals surface area contributed by atoms with E-state index < -0.39 is 46.9 Å². The molecule has 0 bridgehead atoms. The normalized spacial score (nSPS) is 12.8. The molecule has 4 rings (SSSR count). The molecule has 1 aromatic heterocycles. The van der Waals surface area contributed by atoms with Crippen molar-refractivity contribution in [3.63, 3.8) is 0 Å². The summed E-state index contributed by atoms with van der Waals surface area (Å²) in [5.74, 6) is -1.56. The number of carbonyl (C=O) groups excluding carboxylic acids is 2. The first-order valence-corrected chi connectivity index (χ1v) is 11.8. The Kier molecular flexibility index (Phi) is 7.71. The van der Waals surface area contributed by atoms with E-state index in [1.807, 2.05) is 18.2 Å². The van der Waals surface area contributed by atoms with Crippen LogP contribution in [0.2, 0.25) is 0 Å². The van der Waals surface area contributed by atoms with E-state index in [4.69, 9.17) is 0 Å². The average molecular weight is 547 g/mol. The van der Waals surface area contributed by atoms with Crippen LogP contribution in [0.4, 0.5) is 32.0 Å². The highest BCUT2D eigenvalue weighted by Crippen LogP contribution is 2.36. The van der Waals surface area contributed by atoms with Crippen LogP contribution >= 0.6 is 0 Å². The van der Waals surface area contributed by atoms with E-state index in [0.29, 0.717) is 17.8 Å². The molecule has 2 amide bonds. The van der Waals surface area contributed by atoms with Crippen LogP contribution in [0, 0.1) is 0 Å². The maximum Gasteiger partial charge on any atom is 0.416 e. The topological polar surface area (TPSA) is 65.2 Å². The molecule has 0 radical (unpaired) electrons. The van der Waals surface area contributed by atoms with Crippen LogP contribution in [0.25, 0.3) is 10.9 Å². The van der Waals surface area contributed by atoms with Crippen LogP contribution in [0.5, 0.6) is 0 Å². The quantitative estimate of drug-likeness (QED) is 0.247. The molecule has 11 heteroatoms. The molecule has 204 valence electrons. The third kappa shape index (κ3) is 6.60. The molecule has 0 aliphatic carbocycles. The summed E-state index contributed by atoms with van der Waals surface area (Å²) >= 11 is 0. The molecule has 3 aromatic carbocycles. The summed E-state index contributed by atoms with van der Waals surface area (Å²) in [6, 6.07) is 15.6. The molecule has 39 heavy (non-hydrogen) atoms. The van der Waals surface area contributed by atoms with Gasteiger partial charge in [0, 0.05) is 47.9 Å². The van der Waals surface area contributed by atoms with Gasteiger partial charge in [-0.15, -0.1) is 0 Å². The fourth-order valence-electron chi connectivity index (χ4n) is 4.30. The van der Waals surface area contributed by atoms with Gasteiger partial charge in [-0.25, -0.2) is 0 Å². The molecule has 5 nitrogen and oxygen atoms in total. The molecule has 0 aliphatic heterocycles. The highest BCUT2D eigenvalue weighted by Gasteiger charge is 2.38. The SMILES string of the molecule is CN(C(=O)c1cc(C(F)(F)F)cc(C(F)(F)F)c1)C(CC(=O)Nc1ccccc1)Cc1c[nH]c2ccccc12. The number of halogens is 6. The largest absolute Gasteiger partial charge is 0.416 e. The second-order valence-corrected chi connectivity index (χ2v) is 9.05. The fourth-order valence-corrected chi connectivity index (χ4v) is 4.30. The number of aromatic nitrogens is 1. The van der Waals surface area contributed by atoms with E-state index in [-0.39, 0.29) is 18.9 Å². The number of benzene rings is 3. The smallest absolute Gasteiger partial charge is 0.361 e. The van der Waals surface area contributed by atoms with E-state index in [9.17, 15) is 35.9 Å². The lowest BCUT2D eigenvalue weighted by Gasteiger charge is -2.28. The second-order valence-electron chi connectivity index (χ2n) is 9.05. The summed E-state index contributed by atoms with van der Waals surface area (Å²) in [5, 5.41) is 3.51. The molecule has 0 aliphatic rings. The standard InChI is InChI=1S/C28H23F6N3O2/c1-37(26(39)17-11-19(27(29,30)31)14-20(12-17)28(32,33)34)22(15-25(38)36-21-7-3-2-4-8-21)13-18-16-35-24-10-6-5-9-23(18)24/h2-12,14,16,22,35H,13,15H2,1H3,(H,36,38). The van der Waals surface area contributed by atoms with Crippen molar-refractivity contribution in [2.24, 2.45) is 0 Å².